The number of thiocarbonyl (C=S) groups is 1. The molecule has 2 atom stereocenters. The number of nitrogens with two attached hydrogens (primary N) is 1. The van der Waals surface area contributed by atoms with E-state index in [1.165, 1.54) is 10.6 Å². The van der Waals surface area contributed by atoms with Gasteiger partial charge in [0.15, 0.2) is 0 Å². The average molecular weight is 330 g/mol. The van der Waals surface area contributed by atoms with E-state index in [1.807, 2.05) is 0 Å². The van der Waals surface area contributed by atoms with Crippen LogP contribution in [0.3, 0.4) is 0 Å². The number of pyridine rings is 1. The molecule has 2 unspecified atom stereocenters. The highest BCUT2D eigenvalue weighted by Gasteiger charge is 2.44. The predicted octanol–water partition coefficient (Wildman–Crippen LogP) is 1.60. The number of hydrogen-bond acceptors (Lipinski definition) is 4. The summed E-state index contributed by atoms with van der Waals surface area (Å²) in [7, 11) is 0. The van der Waals surface area contributed by atoms with Gasteiger partial charge in [0.1, 0.15) is 22.4 Å². The van der Waals surface area contributed by atoms with Gasteiger partial charge in [-0.3, -0.25) is 4.79 Å². The molecule has 1 aromatic carbocycles. The molecular weight excluding hydrogens is 312 g/mol. The van der Waals surface area contributed by atoms with Crippen LogP contribution in [0, 0.1) is 0 Å². The first-order valence-corrected chi connectivity index (χ1v) is 7.70. The molecule has 1 aliphatic heterocycles. The number of aliphatic hydroxyl groups is 1. The van der Waals surface area contributed by atoms with Crippen molar-refractivity contribution in [3.05, 3.63) is 64.1 Å². The van der Waals surface area contributed by atoms with Crippen molar-refractivity contribution in [3.63, 3.8) is 0 Å². The fraction of sp³-hybridized carbons (Fsp3) is 0.294. The van der Waals surface area contributed by atoms with Crippen molar-refractivity contribution in [2.45, 2.75) is 31.6 Å². The maximum atomic E-state index is 12.2. The van der Waals surface area contributed by atoms with Gasteiger partial charge in [0.2, 0.25) is 0 Å². The standard InChI is InChI=1S/C17H18N2O3S/c1-17(2)15(21)14(19-8-4-3-5-13(19)20)11-7-6-10(16(18)23)9-12(11)22-17/h3-9,14-15,21H,1-2H3,(H2,18,23). The lowest BCUT2D eigenvalue weighted by Crippen LogP contribution is -2.52. The average Bonchev–Trinajstić information content (AvgIpc) is 2.49. The molecule has 0 aliphatic carbocycles. The molecule has 0 fully saturated rings. The fourth-order valence-corrected chi connectivity index (χ4v) is 3.01. The van der Waals surface area contributed by atoms with E-state index in [0.717, 1.165) is 5.56 Å². The van der Waals surface area contributed by atoms with Gasteiger partial charge in [0.05, 0.1) is 6.04 Å². The van der Waals surface area contributed by atoms with Crippen LogP contribution in [-0.2, 0) is 0 Å². The van der Waals surface area contributed by atoms with Crippen LogP contribution in [0.25, 0.3) is 0 Å². The number of hydrogen-bond donors (Lipinski definition) is 2. The minimum absolute atomic E-state index is 0.182. The summed E-state index contributed by atoms with van der Waals surface area (Å²) in [5.74, 6) is 0.575. The fourth-order valence-electron chi connectivity index (χ4n) is 2.89. The van der Waals surface area contributed by atoms with Crippen LogP contribution in [0.15, 0.2) is 47.4 Å². The Labute approximate surface area is 139 Å². The summed E-state index contributed by atoms with van der Waals surface area (Å²) in [6, 6.07) is 9.70. The van der Waals surface area contributed by atoms with Gasteiger partial charge in [-0.1, -0.05) is 30.4 Å². The molecule has 0 spiro atoms. The monoisotopic (exact) mass is 330 g/mol. The van der Waals surface area contributed by atoms with Gasteiger partial charge >= 0.3 is 0 Å². The molecule has 0 saturated heterocycles. The highest BCUT2D eigenvalue weighted by molar-refractivity contribution is 7.80. The third-order valence-corrected chi connectivity index (χ3v) is 4.39. The SMILES string of the molecule is CC1(C)Oc2cc(C(N)=S)ccc2C(n2ccccc2=O)C1O. The summed E-state index contributed by atoms with van der Waals surface area (Å²) < 4.78 is 7.46. The van der Waals surface area contributed by atoms with Gasteiger partial charge in [0, 0.05) is 23.4 Å². The summed E-state index contributed by atoms with van der Waals surface area (Å²) in [5.41, 5.74) is 6.05. The number of fused-ring (bicyclic) bond motifs is 1. The van der Waals surface area contributed by atoms with Gasteiger partial charge in [0.25, 0.3) is 5.56 Å². The maximum Gasteiger partial charge on any atom is 0.251 e. The zero-order chi connectivity index (χ0) is 16.8. The summed E-state index contributed by atoms with van der Waals surface area (Å²) in [5, 5.41) is 10.8. The minimum Gasteiger partial charge on any atom is -0.485 e. The molecule has 3 rings (SSSR count). The molecule has 0 amide bonds. The van der Waals surface area contributed by atoms with Gasteiger partial charge in [-0.25, -0.2) is 0 Å². The van der Waals surface area contributed by atoms with E-state index in [9.17, 15) is 9.90 Å². The third kappa shape index (κ3) is 2.64. The Hall–Kier alpha value is -2.18. The lowest BCUT2D eigenvalue weighted by atomic mass is 9.86. The molecular formula is C17H18N2O3S. The number of aliphatic hydroxyl groups excluding tert-OH is 1. The van der Waals surface area contributed by atoms with Gasteiger partial charge < -0.3 is 20.1 Å². The summed E-state index contributed by atoms with van der Waals surface area (Å²) >= 11 is 5.01. The Morgan fingerprint density at radius 3 is 2.74 bits per heavy atom. The first kappa shape index (κ1) is 15.7. The molecule has 6 heteroatoms. The highest BCUT2D eigenvalue weighted by Crippen LogP contribution is 2.41. The number of rotatable bonds is 2. The van der Waals surface area contributed by atoms with E-state index in [-0.39, 0.29) is 10.5 Å². The maximum absolute atomic E-state index is 12.2. The van der Waals surface area contributed by atoms with E-state index in [2.05, 4.69) is 0 Å². The Balaban J connectivity index is 2.22. The molecule has 3 N–H and O–H groups in total. The molecule has 1 aliphatic rings. The Morgan fingerprint density at radius 2 is 2.09 bits per heavy atom. The largest absolute Gasteiger partial charge is 0.485 e. The van der Waals surface area contributed by atoms with Crippen LogP contribution >= 0.6 is 12.2 Å². The van der Waals surface area contributed by atoms with Crippen molar-refractivity contribution in [2.75, 3.05) is 0 Å². The minimum atomic E-state index is -0.884. The first-order valence-electron chi connectivity index (χ1n) is 7.29. The van der Waals surface area contributed by atoms with Gasteiger partial charge in [-0.05, 0) is 26.0 Å². The molecule has 0 saturated carbocycles. The molecule has 2 aromatic rings. The molecule has 0 radical (unpaired) electrons. The molecule has 23 heavy (non-hydrogen) atoms. The van der Waals surface area contributed by atoms with Crippen molar-refractivity contribution in [2.24, 2.45) is 5.73 Å². The first-order chi connectivity index (χ1) is 10.8. The van der Waals surface area contributed by atoms with E-state index in [1.54, 1.807) is 50.4 Å². The van der Waals surface area contributed by atoms with Crippen LogP contribution in [-0.4, -0.2) is 26.4 Å². The lowest BCUT2D eigenvalue weighted by Gasteiger charge is -2.42. The van der Waals surface area contributed by atoms with Crippen LogP contribution in [0.2, 0.25) is 0 Å². The number of benzene rings is 1. The van der Waals surface area contributed by atoms with Crippen molar-refractivity contribution in [1.82, 2.24) is 4.57 Å². The van der Waals surface area contributed by atoms with E-state index in [4.69, 9.17) is 22.7 Å². The lowest BCUT2D eigenvalue weighted by molar-refractivity contribution is -0.0642. The van der Waals surface area contributed by atoms with Gasteiger partial charge in [-0.2, -0.15) is 0 Å². The Kier molecular flexibility index (Phi) is 3.74. The number of nitrogens with zero attached hydrogens (tertiary/aromatic N) is 1. The number of aromatic nitrogens is 1. The second kappa shape index (κ2) is 5.47. The van der Waals surface area contributed by atoms with Gasteiger partial charge in [-0.15, -0.1) is 0 Å². The van der Waals surface area contributed by atoms with Crippen molar-refractivity contribution in [3.8, 4) is 5.75 Å². The molecule has 2 heterocycles. The van der Waals surface area contributed by atoms with Crippen LogP contribution in [0.4, 0.5) is 0 Å². The highest BCUT2D eigenvalue weighted by atomic mass is 32.1. The molecule has 5 nitrogen and oxygen atoms in total. The molecule has 120 valence electrons. The second-order valence-corrected chi connectivity index (χ2v) is 6.60. The van der Waals surface area contributed by atoms with Crippen molar-refractivity contribution < 1.29 is 9.84 Å². The van der Waals surface area contributed by atoms with Crippen LogP contribution in [0.5, 0.6) is 5.75 Å². The zero-order valence-corrected chi connectivity index (χ0v) is 13.7. The Bertz CT molecular complexity index is 829. The number of ether oxygens (including phenoxy) is 1. The summed E-state index contributed by atoms with van der Waals surface area (Å²) in [4.78, 5) is 12.5. The van der Waals surface area contributed by atoms with Crippen LogP contribution < -0.4 is 16.0 Å². The smallest absolute Gasteiger partial charge is 0.251 e. The third-order valence-electron chi connectivity index (χ3n) is 4.15. The van der Waals surface area contributed by atoms with E-state index in [0.29, 0.717) is 11.3 Å². The van der Waals surface area contributed by atoms with Crippen molar-refractivity contribution in [1.29, 1.82) is 0 Å². The molecule has 1 aromatic heterocycles. The predicted molar refractivity (Wildman–Crippen MR) is 91.9 cm³/mol. The summed E-state index contributed by atoms with van der Waals surface area (Å²) in [6.45, 7) is 3.57. The quantitative estimate of drug-likeness (QED) is 0.818. The Morgan fingerprint density at radius 1 is 1.35 bits per heavy atom. The molecule has 0 bridgehead atoms. The van der Waals surface area contributed by atoms with E-state index < -0.39 is 17.7 Å². The normalized spacial score (nSPS) is 22.0. The topological polar surface area (TPSA) is 77.5 Å². The second-order valence-electron chi connectivity index (χ2n) is 6.16. The van der Waals surface area contributed by atoms with Crippen LogP contribution in [0.1, 0.15) is 31.0 Å². The van der Waals surface area contributed by atoms with Crippen molar-refractivity contribution >= 4 is 17.2 Å². The summed E-state index contributed by atoms with van der Waals surface area (Å²) in [6.07, 6.45) is 0.786. The zero-order valence-electron chi connectivity index (χ0n) is 12.9. The van der Waals surface area contributed by atoms with E-state index >= 15 is 0 Å².